The molecule has 5 nitrogen and oxygen atoms in total. The van der Waals surface area contributed by atoms with Gasteiger partial charge in [-0.1, -0.05) is 6.07 Å². The average Bonchev–Trinajstić information content (AvgIpc) is 2.55. The molecule has 2 aromatic carbocycles. The minimum Gasteiger partial charge on any atom is -0.493 e. The van der Waals surface area contributed by atoms with E-state index in [4.69, 9.17) is 15.2 Å². The van der Waals surface area contributed by atoms with Crippen molar-refractivity contribution in [3.8, 4) is 17.2 Å². The molecule has 0 saturated carbocycles. The number of benzene rings is 2. The summed E-state index contributed by atoms with van der Waals surface area (Å²) in [6, 6.07) is 8.95. The van der Waals surface area contributed by atoms with Crippen LogP contribution >= 0.6 is 0 Å². The van der Waals surface area contributed by atoms with Crippen LogP contribution in [0.15, 0.2) is 36.4 Å². The van der Waals surface area contributed by atoms with Crippen LogP contribution < -0.4 is 15.2 Å². The number of nitrogens with two attached hydrogens (primary N) is 1. The molecule has 0 aromatic heterocycles. The zero-order valence-corrected chi connectivity index (χ0v) is 12.3. The molecule has 0 unspecified atom stereocenters. The summed E-state index contributed by atoms with van der Waals surface area (Å²) in [4.78, 5) is 11.6. The van der Waals surface area contributed by atoms with Crippen LogP contribution in [0.2, 0.25) is 0 Å². The zero-order valence-electron chi connectivity index (χ0n) is 12.3. The molecule has 0 amide bonds. The lowest BCUT2D eigenvalue weighted by molar-refractivity contribution is 0.0600. The van der Waals surface area contributed by atoms with Gasteiger partial charge < -0.3 is 19.9 Å². The standard InChI is InChI=1S/C16H16FNO4/c1-20-14-6-4-11(16(19)21-2)8-15(14)22-13-5-3-10(9-18)7-12(13)17/h3-8H,9,18H2,1-2H3. The Hall–Kier alpha value is -2.60. The molecule has 0 aliphatic heterocycles. The second-order valence-electron chi connectivity index (χ2n) is 4.43. The first kappa shape index (κ1) is 15.8. The summed E-state index contributed by atoms with van der Waals surface area (Å²) in [6.45, 7) is 0.234. The van der Waals surface area contributed by atoms with Crippen molar-refractivity contribution in [1.82, 2.24) is 0 Å². The highest BCUT2D eigenvalue weighted by atomic mass is 19.1. The van der Waals surface area contributed by atoms with Crippen molar-refractivity contribution in [2.75, 3.05) is 14.2 Å². The molecule has 0 saturated heterocycles. The predicted octanol–water partition coefficient (Wildman–Crippen LogP) is 2.87. The van der Waals surface area contributed by atoms with Crippen LogP contribution in [-0.4, -0.2) is 20.2 Å². The van der Waals surface area contributed by atoms with Crippen LogP contribution in [0.1, 0.15) is 15.9 Å². The molecule has 0 spiro atoms. The van der Waals surface area contributed by atoms with Gasteiger partial charge in [0.25, 0.3) is 0 Å². The summed E-state index contributed by atoms with van der Waals surface area (Å²) in [6.07, 6.45) is 0. The number of halogens is 1. The minimum atomic E-state index is -0.548. The highest BCUT2D eigenvalue weighted by molar-refractivity contribution is 5.90. The maximum absolute atomic E-state index is 14.0. The van der Waals surface area contributed by atoms with Gasteiger partial charge in [0.2, 0.25) is 0 Å². The Morgan fingerprint density at radius 3 is 2.41 bits per heavy atom. The highest BCUT2D eigenvalue weighted by Crippen LogP contribution is 2.34. The number of ether oxygens (including phenoxy) is 3. The van der Waals surface area contributed by atoms with E-state index in [2.05, 4.69) is 4.74 Å². The number of hydrogen-bond donors (Lipinski definition) is 1. The number of hydrogen-bond acceptors (Lipinski definition) is 5. The van der Waals surface area contributed by atoms with Gasteiger partial charge in [0.15, 0.2) is 23.1 Å². The molecule has 0 aliphatic carbocycles. The van der Waals surface area contributed by atoms with Gasteiger partial charge in [-0.05, 0) is 35.9 Å². The van der Waals surface area contributed by atoms with Crippen LogP contribution in [0.3, 0.4) is 0 Å². The van der Waals surface area contributed by atoms with Gasteiger partial charge >= 0.3 is 5.97 Å². The molecule has 0 radical (unpaired) electrons. The molecular weight excluding hydrogens is 289 g/mol. The molecule has 2 rings (SSSR count). The number of rotatable bonds is 5. The molecule has 2 aromatic rings. The van der Waals surface area contributed by atoms with E-state index in [0.29, 0.717) is 11.3 Å². The number of carbonyl (C=O) groups is 1. The van der Waals surface area contributed by atoms with Crippen LogP contribution in [0.25, 0.3) is 0 Å². The van der Waals surface area contributed by atoms with Crippen molar-refractivity contribution in [2.24, 2.45) is 5.73 Å². The van der Waals surface area contributed by atoms with Gasteiger partial charge in [0.1, 0.15) is 0 Å². The van der Waals surface area contributed by atoms with Gasteiger partial charge in [-0.15, -0.1) is 0 Å². The largest absolute Gasteiger partial charge is 0.493 e. The van der Waals surface area contributed by atoms with E-state index in [1.807, 2.05) is 0 Å². The molecule has 2 N–H and O–H groups in total. The summed E-state index contributed by atoms with van der Waals surface area (Å²) in [5.74, 6) is -0.475. The highest BCUT2D eigenvalue weighted by Gasteiger charge is 2.14. The molecular formula is C16H16FNO4. The quantitative estimate of drug-likeness (QED) is 0.860. The Balaban J connectivity index is 2.37. The first-order valence-corrected chi connectivity index (χ1v) is 6.51. The van der Waals surface area contributed by atoms with E-state index >= 15 is 0 Å². The Bertz CT molecular complexity index is 688. The smallest absolute Gasteiger partial charge is 0.337 e. The second-order valence-corrected chi connectivity index (χ2v) is 4.43. The van der Waals surface area contributed by atoms with E-state index in [0.717, 1.165) is 0 Å². The van der Waals surface area contributed by atoms with Crippen molar-refractivity contribution in [1.29, 1.82) is 0 Å². The Kier molecular flexibility index (Phi) is 4.95. The number of esters is 1. The summed E-state index contributed by atoms with van der Waals surface area (Å²) < 4.78 is 29.3. The fourth-order valence-electron chi connectivity index (χ4n) is 1.87. The van der Waals surface area contributed by atoms with E-state index in [1.54, 1.807) is 12.1 Å². The molecule has 0 heterocycles. The van der Waals surface area contributed by atoms with Gasteiger partial charge in [-0.3, -0.25) is 0 Å². The molecule has 0 fully saturated rings. The van der Waals surface area contributed by atoms with Crippen LogP contribution in [-0.2, 0) is 11.3 Å². The van der Waals surface area contributed by atoms with Crippen LogP contribution in [0.5, 0.6) is 17.2 Å². The van der Waals surface area contributed by atoms with Crippen molar-refractivity contribution in [3.05, 3.63) is 53.3 Å². The van der Waals surface area contributed by atoms with Crippen molar-refractivity contribution in [3.63, 3.8) is 0 Å². The van der Waals surface area contributed by atoms with E-state index < -0.39 is 11.8 Å². The summed E-state index contributed by atoms with van der Waals surface area (Å²) in [7, 11) is 2.73. The number of carbonyl (C=O) groups excluding carboxylic acids is 1. The maximum Gasteiger partial charge on any atom is 0.337 e. The van der Waals surface area contributed by atoms with E-state index in [9.17, 15) is 9.18 Å². The van der Waals surface area contributed by atoms with Gasteiger partial charge in [-0.2, -0.15) is 0 Å². The fraction of sp³-hybridized carbons (Fsp3) is 0.188. The lowest BCUT2D eigenvalue weighted by Gasteiger charge is -2.12. The Morgan fingerprint density at radius 1 is 1.09 bits per heavy atom. The molecule has 0 atom stereocenters. The summed E-state index contributed by atoms with van der Waals surface area (Å²) in [5, 5.41) is 0. The monoisotopic (exact) mass is 305 g/mol. The molecule has 0 bridgehead atoms. The molecule has 0 aliphatic rings. The maximum atomic E-state index is 14.0. The normalized spacial score (nSPS) is 10.2. The molecule has 116 valence electrons. The first-order valence-electron chi connectivity index (χ1n) is 6.51. The Labute approximate surface area is 127 Å². The van der Waals surface area contributed by atoms with Crippen molar-refractivity contribution >= 4 is 5.97 Å². The second kappa shape index (κ2) is 6.91. The van der Waals surface area contributed by atoms with Crippen molar-refractivity contribution in [2.45, 2.75) is 6.54 Å². The van der Waals surface area contributed by atoms with E-state index in [1.165, 1.54) is 38.5 Å². The third kappa shape index (κ3) is 3.35. The molecule has 6 heteroatoms. The van der Waals surface area contributed by atoms with E-state index in [-0.39, 0.29) is 23.6 Å². The summed E-state index contributed by atoms with van der Waals surface area (Å²) in [5.41, 5.74) is 6.38. The SMILES string of the molecule is COC(=O)c1ccc(OC)c(Oc2ccc(CN)cc2F)c1. The number of methoxy groups -OCH3 is 2. The van der Waals surface area contributed by atoms with Gasteiger partial charge in [0, 0.05) is 6.54 Å². The third-order valence-electron chi connectivity index (χ3n) is 3.04. The van der Waals surface area contributed by atoms with Crippen LogP contribution in [0.4, 0.5) is 4.39 Å². The first-order chi connectivity index (χ1) is 10.6. The molecule has 22 heavy (non-hydrogen) atoms. The minimum absolute atomic E-state index is 0.0116. The average molecular weight is 305 g/mol. The van der Waals surface area contributed by atoms with Gasteiger partial charge in [-0.25, -0.2) is 9.18 Å². The lowest BCUT2D eigenvalue weighted by atomic mass is 10.2. The predicted molar refractivity (Wildman–Crippen MR) is 78.7 cm³/mol. The van der Waals surface area contributed by atoms with Crippen molar-refractivity contribution < 1.29 is 23.4 Å². The Morgan fingerprint density at radius 2 is 1.82 bits per heavy atom. The zero-order chi connectivity index (χ0) is 16.1. The van der Waals surface area contributed by atoms with Crippen LogP contribution in [0, 0.1) is 5.82 Å². The van der Waals surface area contributed by atoms with Gasteiger partial charge in [0.05, 0.1) is 19.8 Å². The lowest BCUT2D eigenvalue weighted by Crippen LogP contribution is -2.02. The third-order valence-corrected chi connectivity index (χ3v) is 3.04. The topological polar surface area (TPSA) is 70.8 Å². The summed E-state index contributed by atoms with van der Waals surface area (Å²) >= 11 is 0. The fourth-order valence-corrected chi connectivity index (χ4v) is 1.87.